The first-order chi connectivity index (χ1) is 10.8. The van der Waals surface area contributed by atoms with Gasteiger partial charge in [0.15, 0.2) is 0 Å². The van der Waals surface area contributed by atoms with Gasteiger partial charge in [0.05, 0.1) is 6.10 Å². The molecule has 1 fully saturated rings. The molecule has 1 aromatic heterocycles. The van der Waals surface area contributed by atoms with Crippen LogP contribution in [0.2, 0.25) is 0 Å². The summed E-state index contributed by atoms with van der Waals surface area (Å²) < 4.78 is 5.80. The minimum atomic E-state index is 0.361. The normalized spacial score (nSPS) is 21.6. The van der Waals surface area contributed by atoms with E-state index in [-0.39, 0.29) is 0 Å². The molecule has 22 heavy (non-hydrogen) atoms. The maximum absolute atomic E-state index is 5.80. The summed E-state index contributed by atoms with van der Waals surface area (Å²) in [5, 5.41) is 0. The van der Waals surface area contributed by atoms with Crippen LogP contribution in [0.15, 0.2) is 36.4 Å². The maximum atomic E-state index is 5.80. The third-order valence-electron chi connectivity index (χ3n) is 4.99. The zero-order chi connectivity index (χ0) is 14.9. The van der Waals surface area contributed by atoms with Gasteiger partial charge in [-0.05, 0) is 56.0 Å². The van der Waals surface area contributed by atoms with Crippen molar-refractivity contribution in [1.82, 2.24) is 4.90 Å². The van der Waals surface area contributed by atoms with Crippen molar-refractivity contribution in [3.05, 3.63) is 57.3 Å². The van der Waals surface area contributed by atoms with Crippen molar-refractivity contribution in [1.29, 1.82) is 0 Å². The fourth-order valence-electron chi connectivity index (χ4n) is 3.68. The Labute approximate surface area is 136 Å². The minimum absolute atomic E-state index is 0.361. The highest BCUT2D eigenvalue weighted by Gasteiger charge is 2.25. The van der Waals surface area contributed by atoms with Gasteiger partial charge in [-0.3, -0.25) is 4.90 Å². The first-order valence-corrected chi connectivity index (χ1v) is 9.08. The molecule has 2 nitrogen and oxygen atoms in total. The standard InChI is InChI=1S/C19H23NOS/c1-20(16-11-14-5-2-3-6-15(14)12-16)13-17-8-9-19(22-17)18-7-4-10-21-18/h2-3,5-6,8-9,16,18H,4,7,10-13H2,1H3/t18-/m0/s1. The number of hydrogen-bond acceptors (Lipinski definition) is 3. The van der Waals surface area contributed by atoms with Crippen molar-refractivity contribution in [2.75, 3.05) is 13.7 Å². The SMILES string of the molecule is CN(Cc1ccc([C@@H]2CCCO2)s1)C1Cc2ccccc2C1. The van der Waals surface area contributed by atoms with E-state index in [2.05, 4.69) is 48.3 Å². The van der Waals surface area contributed by atoms with Crippen LogP contribution in [-0.2, 0) is 24.1 Å². The molecule has 0 N–H and O–H groups in total. The predicted molar refractivity (Wildman–Crippen MR) is 91.4 cm³/mol. The lowest BCUT2D eigenvalue weighted by atomic mass is 10.1. The van der Waals surface area contributed by atoms with E-state index in [1.165, 1.54) is 46.6 Å². The average Bonchev–Trinajstić information content (AvgIpc) is 3.26. The molecule has 2 aromatic rings. The molecule has 116 valence electrons. The molecule has 3 heteroatoms. The van der Waals surface area contributed by atoms with Crippen molar-refractivity contribution in [3.8, 4) is 0 Å². The van der Waals surface area contributed by atoms with E-state index in [9.17, 15) is 0 Å². The van der Waals surface area contributed by atoms with Crippen molar-refractivity contribution >= 4 is 11.3 Å². The second-order valence-electron chi connectivity index (χ2n) is 6.55. The molecule has 2 aliphatic rings. The summed E-state index contributed by atoms with van der Waals surface area (Å²) in [5.74, 6) is 0. The van der Waals surface area contributed by atoms with Crippen LogP contribution in [0.4, 0.5) is 0 Å². The Morgan fingerprint density at radius 2 is 1.91 bits per heavy atom. The van der Waals surface area contributed by atoms with Crippen LogP contribution in [0.5, 0.6) is 0 Å². The zero-order valence-electron chi connectivity index (χ0n) is 13.1. The van der Waals surface area contributed by atoms with Crippen LogP contribution < -0.4 is 0 Å². The monoisotopic (exact) mass is 313 g/mol. The highest BCUT2D eigenvalue weighted by atomic mass is 32.1. The minimum Gasteiger partial charge on any atom is -0.373 e. The maximum Gasteiger partial charge on any atom is 0.0917 e. The van der Waals surface area contributed by atoms with E-state index in [1.807, 2.05) is 11.3 Å². The highest BCUT2D eigenvalue weighted by molar-refractivity contribution is 7.12. The van der Waals surface area contributed by atoms with Gasteiger partial charge in [-0.25, -0.2) is 0 Å². The molecule has 0 amide bonds. The third kappa shape index (κ3) is 2.85. The lowest BCUT2D eigenvalue weighted by Crippen LogP contribution is -2.31. The third-order valence-corrected chi connectivity index (χ3v) is 6.15. The van der Waals surface area contributed by atoms with Crippen LogP contribution in [0, 0.1) is 0 Å². The van der Waals surface area contributed by atoms with E-state index < -0.39 is 0 Å². The molecule has 1 saturated heterocycles. The zero-order valence-corrected chi connectivity index (χ0v) is 13.9. The average molecular weight is 313 g/mol. The fraction of sp³-hybridized carbons (Fsp3) is 0.474. The van der Waals surface area contributed by atoms with Gasteiger partial charge in [0.2, 0.25) is 0 Å². The molecule has 0 spiro atoms. The van der Waals surface area contributed by atoms with E-state index in [4.69, 9.17) is 4.74 Å². The molecular weight excluding hydrogens is 290 g/mol. The Bertz CT molecular complexity index is 619. The van der Waals surface area contributed by atoms with Crippen molar-refractivity contribution < 1.29 is 4.74 Å². The summed E-state index contributed by atoms with van der Waals surface area (Å²) in [7, 11) is 2.27. The van der Waals surface area contributed by atoms with Crippen LogP contribution in [0.3, 0.4) is 0 Å². The molecule has 0 unspecified atom stereocenters. The summed E-state index contributed by atoms with van der Waals surface area (Å²) in [5.41, 5.74) is 3.07. The summed E-state index contributed by atoms with van der Waals surface area (Å²) in [6.45, 7) is 1.98. The highest BCUT2D eigenvalue weighted by Crippen LogP contribution is 2.34. The van der Waals surface area contributed by atoms with Gasteiger partial charge in [0.1, 0.15) is 0 Å². The Kier molecular flexibility index (Phi) is 4.03. The summed E-state index contributed by atoms with van der Waals surface area (Å²) in [6.07, 6.45) is 5.14. The van der Waals surface area contributed by atoms with Crippen LogP contribution >= 0.6 is 11.3 Å². The van der Waals surface area contributed by atoms with Crippen molar-refractivity contribution in [3.63, 3.8) is 0 Å². The number of thiophene rings is 1. The molecule has 0 bridgehead atoms. The number of likely N-dealkylation sites (N-methyl/N-ethyl adjacent to an activating group) is 1. The van der Waals surface area contributed by atoms with E-state index in [0.717, 1.165) is 13.2 Å². The second-order valence-corrected chi connectivity index (χ2v) is 7.75. The molecule has 1 atom stereocenters. The summed E-state index contributed by atoms with van der Waals surface area (Å²) in [6, 6.07) is 14.1. The lowest BCUT2D eigenvalue weighted by Gasteiger charge is -2.23. The topological polar surface area (TPSA) is 12.5 Å². The van der Waals surface area contributed by atoms with Gasteiger partial charge in [-0.2, -0.15) is 0 Å². The van der Waals surface area contributed by atoms with Gasteiger partial charge >= 0.3 is 0 Å². The number of nitrogens with zero attached hydrogens (tertiary/aromatic N) is 1. The predicted octanol–water partition coefficient (Wildman–Crippen LogP) is 4.20. The molecule has 2 heterocycles. The van der Waals surface area contributed by atoms with Gasteiger partial charge in [0, 0.05) is 28.9 Å². The number of ether oxygens (including phenoxy) is 1. The molecule has 1 aliphatic heterocycles. The Hall–Kier alpha value is -1.16. The summed E-state index contributed by atoms with van der Waals surface area (Å²) >= 11 is 1.93. The second kappa shape index (κ2) is 6.15. The largest absolute Gasteiger partial charge is 0.373 e. The summed E-state index contributed by atoms with van der Waals surface area (Å²) in [4.78, 5) is 5.39. The molecular formula is C19H23NOS. The molecule has 1 aromatic carbocycles. The van der Waals surface area contributed by atoms with Crippen LogP contribution in [0.25, 0.3) is 0 Å². The van der Waals surface area contributed by atoms with Gasteiger partial charge in [-0.15, -0.1) is 11.3 Å². The molecule has 0 saturated carbocycles. The van der Waals surface area contributed by atoms with Gasteiger partial charge < -0.3 is 4.74 Å². The van der Waals surface area contributed by atoms with Crippen LogP contribution in [0.1, 0.15) is 39.8 Å². The number of rotatable bonds is 4. The smallest absolute Gasteiger partial charge is 0.0917 e. The van der Waals surface area contributed by atoms with Gasteiger partial charge in [-0.1, -0.05) is 24.3 Å². The quantitative estimate of drug-likeness (QED) is 0.839. The first-order valence-electron chi connectivity index (χ1n) is 8.27. The fourth-order valence-corrected chi connectivity index (χ4v) is 4.84. The Morgan fingerprint density at radius 1 is 1.14 bits per heavy atom. The molecule has 4 rings (SSSR count). The van der Waals surface area contributed by atoms with Gasteiger partial charge in [0.25, 0.3) is 0 Å². The van der Waals surface area contributed by atoms with E-state index >= 15 is 0 Å². The van der Waals surface area contributed by atoms with Crippen LogP contribution in [-0.4, -0.2) is 24.6 Å². The number of hydrogen-bond donors (Lipinski definition) is 0. The van der Waals surface area contributed by atoms with E-state index in [1.54, 1.807) is 0 Å². The van der Waals surface area contributed by atoms with E-state index in [0.29, 0.717) is 12.1 Å². The first kappa shape index (κ1) is 14.4. The molecule has 0 radical (unpaired) electrons. The number of fused-ring (bicyclic) bond motifs is 1. The van der Waals surface area contributed by atoms with Crippen molar-refractivity contribution in [2.24, 2.45) is 0 Å². The Morgan fingerprint density at radius 3 is 2.59 bits per heavy atom. The molecule has 1 aliphatic carbocycles. The Balaban J connectivity index is 1.39. The number of benzene rings is 1. The van der Waals surface area contributed by atoms with Crippen molar-refractivity contribution in [2.45, 2.75) is 44.4 Å². The lowest BCUT2D eigenvalue weighted by molar-refractivity contribution is 0.114.